The van der Waals surface area contributed by atoms with Crippen LogP contribution in [-0.2, 0) is 10.3 Å². The van der Waals surface area contributed by atoms with Crippen LogP contribution in [-0.4, -0.2) is 31.0 Å². The summed E-state index contributed by atoms with van der Waals surface area (Å²) in [5.41, 5.74) is 2.65. The molecule has 0 amide bonds. The van der Waals surface area contributed by atoms with Crippen molar-refractivity contribution in [1.29, 1.82) is 0 Å². The molecule has 1 saturated heterocycles. The SMILES string of the molecule is Cc1ccc2c(c1)C(=O)OC21CCN(C)CC1. The van der Waals surface area contributed by atoms with Gasteiger partial charge in [-0.25, -0.2) is 4.79 Å². The lowest BCUT2D eigenvalue weighted by molar-refractivity contribution is -0.0394. The Morgan fingerprint density at radius 2 is 2.00 bits per heavy atom. The summed E-state index contributed by atoms with van der Waals surface area (Å²) >= 11 is 0. The van der Waals surface area contributed by atoms with Crippen molar-refractivity contribution in [3.8, 4) is 0 Å². The average molecular weight is 231 g/mol. The van der Waals surface area contributed by atoms with E-state index in [1.165, 1.54) is 0 Å². The second kappa shape index (κ2) is 3.57. The Morgan fingerprint density at radius 3 is 2.71 bits per heavy atom. The minimum Gasteiger partial charge on any atom is -0.450 e. The van der Waals surface area contributed by atoms with Crippen molar-refractivity contribution in [3.63, 3.8) is 0 Å². The molecule has 1 spiro atoms. The van der Waals surface area contributed by atoms with Gasteiger partial charge in [-0.05, 0) is 20.0 Å². The number of carbonyl (C=O) groups is 1. The van der Waals surface area contributed by atoms with Crippen LogP contribution in [0.4, 0.5) is 0 Å². The Kier molecular flexibility index (Phi) is 2.26. The lowest BCUT2D eigenvalue weighted by Crippen LogP contribution is -2.40. The molecule has 3 heteroatoms. The molecular weight excluding hydrogens is 214 g/mol. The Bertz CT molecular complexity index is 473. The van der Waals surface area contributed by atoms with Crippen molar-refractivity contribution in [3.05, 3.63) is 34.9 Å². The van der Waals surface area contributed by atoms with Crippen LogP contribution in [0.15, 0.2) is 18.2 Å². The van der Waals surface area contributed by atoms with Crippen LogP contribution in [0.5, 0.6) is 0 Å². The maximum atomic E-state index is 11.9. The minimum atomic E-state index is -0.341. The summed E-state index contributed by atoms with van der Waals surface area (Å²) in [7, 11) is 2.11. The van der Waals surface area contributed by atoms with Gasteiger partial charge in [-0.2, -0.15) is 0 Å². The molecule has 0 N–H and O–H groups in total. The number of nitrogens with zero attached hydrogens (tertiary/aromatic N) is 1. The van der Waals surface area contributed by atoms with Gasteiger partial charge in [-0.1, -0.05) is 17.7 Å². The molecule has 0 aliphatic carbocycles. The Morgan fingerprint density at radius 1 is 1.29 bits per heavy atom. The molecule has 90 valence electrons. The number of rotatable bonds is 0. The number of hydrogen-bond acceptors (Lipinski definition) is 3. The smallest absolute Gasteiger partial charge is 0.339 e. The fourth-order valence-electron chi connectivity index (χ4n) is 2.86. The van der Waals surface area contributed by atoms with Gasteiger partial charge in [-0.3, -0.25) is 0 Å². The number of benzene rings is 1. The number of carbonyl (C=O) groups excluding carboxylic acids is 1. The van der Waals surface area contributed by atoms with E-state index in [2.05, 4.69) is 24.1 Å². The van der Waals surface area contributed by atoms with E-state index in [1.807, 2.05) is 13.0 Å². The summed E-state index contributed by atoms with van der Waals surface area (Å²) in [5.74, 6) is -0.145. The molecule has 3 rings (SSSR count). The van der Waals surface area contributed by atoms with Gasteiger partial charge in [0.2, 0.25) is 0 Å². The molecule has 2 heterocycles. The lowest BCUT2D eigenvalue weighted by Gasteiger charge is -2.36. The van der Waals surface area contributed by atoms with E-state index in [4.69, 9.17) is 4.74 Å². The molecule has 1 aromatic rings. The molecule has 2 aliphatic rings. The fourth-order valence-corrected chi connectivity index (χ4v) is 2.86. The Labute approximate surface area is 101 Å². The molecule has 3 nitrogen and oxygen atoms in total. The molecule has 2 aliphatic heterocycles. The van der Waals surface area contributed by atoms with E-state index in [-0.39, 0.29) is 11.6 Å². The zero-order valence-electron chi connectivity index (χ0n) is 10.3. The van der Waals surface area contributed by atoms with Crippen LogP contribution in [0.3, 0.4) is 0 Å². The number of likely N-dealkylation sites (tertiary alicyclic amines) is 1. The zero-order valence-corrected chi connectivity index (χ0v) is 10.3. The third kappa shape index (κ3) is 1.57. The van der Waals surface area contributed by atoms with E-state index in [0.717, 1.165) is 42.6 Å². The number of ether oxygens (including phenoxy) is 1. The van der Waals surface area contributed by atoms with Crippen LogP contribution in [0, 0.1) is 6.92 Å². The average Bonchev–Trinajstić information content (AvgIpc) is 2.57. The molecule has 1 aromatic carbocycles. The summed E-state index contributed by atoms with van der Waals surface area (Å²) in [4.78, 5) is 14.2. The second-order valence-corrected chi connectivity index (χ2v) is 5.24. The number of fused-ring (bicyclic) bond motifs is 2. The molecule has 0 aromatic heterocycles. The monoisotopic (exact) mass is 231 g/mol. The van der Waals surface area contributed by atoms with Gasteiger partial charge in [0.05, 0.1) is 5.56 Å². The number of hydrogen-bond donors (Lipinski definition) is 0. The van der Waals surface area contributed by atoms with Gasteiger partial charge in [0, 0.05) is 31.5 Å². The Balaban J connectivity index is 2.04. The van der Waals surface area contributed by atoms with E-state index in [1.54, 1.807) is 0 Å². The number of aryl methyl sites for hydroxylation is 1. The summed E-state index contributed by atoms with van der Waals surface area (Å²) in [5, 5.41) is 0. The maximum absolute atomic E-state index is 11.9. The third-order valence-corrected chi connectivity index (χ3v) is 3.97. The first-order valence-electron chi connectivity index (χ1n) is 6.14. The third-order valence-electron chi connectivity index (χ3n) is 3.97. The summed E-state index contributed by atoms with van der Waals surface area (Å²) in [6, 6.07) is 6.09. The fraction of sp³-hybridized carbons (Fsp3) is 0.500. The molecular formula is C14H17NO2. The topological polar surface area (TPSA) is 29.5 Å². The first-order chi connectivity index (χ1) is 8.11. The lowest BCUT2D eigenvalue weighted by atomic mass is 9.83. The highest BCUT2D eigenvalue weighted by molar-refractivity contribution is 5.95. The quantitative estimate of drug-likeness (QED) is 0.640. The van der Waals surface area contributed by atoms with Gasteiger partial charge in [0.1, 0.15) is 5.60 Å². The zero-order chi connectivity index (χ0) is 12.0. The van der Waals surface area contributed by atoms with Gasteiger partial charge in [0.15, 0.2) is 0 Å². The van der Waals surface area contributed by atoms with Crippen molar-refractivity contribution >= 4 is 5.97 Å². The van der Waals surface area contributed by atoms with Crippen LogP contribution in [0.1, 0.15) is 34.3 Å². The standard InChI is InChI=1S/C14H17NO2/c1-10-3-4-12-11(9-10)13(16)17-14(12)5-7-15(2)8-6-14/h3-4,9H,5-8H2,1-2H3. The van der Waals surface area contributed by atoms with E-state index in [9.17, 15) is 4.79 Å². The predicted octanol–water partition coefficient (Wildman–Crippen LogP) is 2.09. The normalized spacial score (nSPS) is 22.6. The van der Waals surface area contributed by atoms with Crippen molar-refractivity contribution in [2.24, 2.45) is 0 Å². The van der Waals surface area contributed by atoms with Gasteiger partial charge < -0.3 is 9.64 Å². The van der Waals surface area contributed by atoms with Crippen molar-refractivity contribution in [1.82, 2.24) is 4.90 Å². The van der Waals surface area contributed by atoms with E-state index >= 15 is 0 Å². The predicted molar refractivity (Wildman–Crippen MR) is 65.0 cm³/mol. The van der Waals surface area contributed by atoms with Gasteiger partial charge >= 0.3 is 5.97 Å². The molecule has 0 radical (unpaired) electrons. The largest absolute Gasteiger partial charge is 0.450 e. The van der Waals surface area contributed by atoms with Crippen molar-refractivity contribution in [2.45, 2.75) is 25.4 Å². The molecule has 1 fully saturated rings. The minimum absolute atomic E-state index is 0.145. The van der Waals surface area contributed by atoms with Gasteiger partial charge in [0.25, 0.3) is 0 Å². The molecule has 0 saturated carbocycles. The van der Waals surface area contributed by atoms with Crippen LogP contribution < -0.4 is 0 Å². The van der Waals surface area contributed by atoms with Crippen molar-refractivity contribution in [2.75, 3.05) is 20.1 Å². The second-order valence-electron chi connectivity index (χ2n) is 5.24. The maximum Gasteiger partial charge on any atom is 0.339 e. The van der Waals surface area contributed by atoms with Crippen molar-refractivity contribution < 1.29 is 9.53 Å². The van der Waals surface area contributed by atoms with Crippen LogP contribution in [0.2, 0.25) is 0 Å². The number of esters is 1. The first kappa shape index (κ1) is 10.8. The number of piperidine rings is 1. The summed E-state index contributed by atoms with van der Waals surface area (Å²) in [6.45, 7) is 3.98. The Hall–Kier alpha value is -1.35. The highest BCUT2D eigenvalue weighted by Gasteiger charge is 2.46. The molecule has 0 bridgehead atoms. The molecule has 0 unspecified atom stereocenters. The van der Waals surface area contributed by atoms with E-state index < -0.39 is 0 Å². The van der Waals surface area contributed by atoms with Crippen LogP contribution >= 0.6 is 0 Å². The molecule has 17 heavy (non-hydrogen) atoms. The highest BCUT2D eigenvalue weighted by Crippen LogP contribution is 2.43. The summed E-state index contributed by atoms with van der Waals surface area (Å²) in [6.07, 6.45) is 1.82. The highest BCUT2D eigenvalue weighted by atomic mass is 16.6. The summed E-state index contributed by atoms with van der Waals surface area (Å²) < 4.78 is 5.70. The molecule has 0 atom stereocenters. The first-order valence-corrected chi connectivity index (χ1v) is 6.14. The van der Waals surface area contributed by atoms with Gasteiger partial charge in [-0.15, -0.1) is 0 Å². The van der Waals surface area contributed by atoms with E-state index in [0.29, 0.717) is 0 Å². The van der Waals surface area contributed by atoms with Crippen LogP contribution in [0.25, 0.3) is 0 Å².